The van der Waals surface area contributed by atoms with Crippen molar-refractivity contribution in [2.24, 2.45) is 0 Å². The first-order chi connectivity index (χ1) is 18.0. The second-order valence-corrected chi connectivity index (χ2v) is 9.60. The van der Waals surface area contributed by atoms with Crippen molar-refractivity contribution in [3.63, 3.8) is 0 Å². The lowest BCUT2D eigenvalue weighted by atomic mass is 9.95. The lowest BCUT2D eigenvalue weighted by molar-refractivity contribution is 0.0384. The van der Waals surface area contributed by atoms with Gasteiger partial charge in [0.15, 0.2) is 0 Å². The molecule has 2 aliphatic rings. The van der Waals surface area contributed by atoms with Gasteiger partial charge in [0.2, 0.25) is 5.56 Å². The summed E-state index contributed by atoms with van der Waals surface area (Å²) in [6, 6.07) is 16.1. The number of nitrogens with zero attached hydrogens (tertiary/aromatic N) is 3. The first-order valence-electron chi connectivity index (χ1n) is 12.6. The number of ether oxygens (including phenoxy) is 2. The number of benzene rings is 2. The van der Waals surface area contributed by atoms with E-state index >= 15 is 0 Å². The van der Waals surface area contributed by atoms with Crippen LogP contribution in [0.4, 0.5) is 11.4 Å². The molecular weight excluding hydrogens is 466 g/mol. The highest BCUT2D eigenvalue weighted by molar-refractivity contribution is 5.59. The summed E-state index contributed by atoms with van der Waals surface area (Å²) in [4.78, 5) is 25.5. The first kappa shape index (κ1) is 23.2. The van der Waals surface area contributed by atoms with Crippen LogP contribution in [0.5, 0.6) is 11.5 Å². The molecule has 1 saturated heterocycles. The van der Waals surface area contributed by atoms with E-state index in [0.717, 1.165) is 63.9 Å². The third kappa shape index (κ3) is 4.80. The maximum atomic E-state index is 11.8. The van der Waals surface area contributed by atoms with Gasteiger partial charge in [-0.3, -0.25) is 14.8 Å². The van der Waals surface area contributed by atoms with E-state index in [2.05, 4.69) is 56.4 Å². The molecule has 1 fully saturated rings. The minimum Gasteiger partial charge on any atom is -0.456 e. The van der Waals surface area contributed by atoms with Crippen molar-refractivity contribution >= 4 is 11.4 Å². The number of morpholine rings is 1. The van der Waals surface area contributed by atoms with E-state index in [0.29, 0.717) is 13.2 Å². The van der Waals surface area contributed by atoms with E-state index in [4.69, 9.17) is 9.47 Å². The molecule has 0 amide bonds. The molecular formula is C29H29N5O3. The molecule has 2 aromatic carbocycles. The molecule has 0 radical (unpaired) electrons. The average Bonchev–Trinajstić information content (AvgIpc) is 2.92. The van der Waals surface area contributed by atoms with Gasteiger partial charge < -0.3 is 24.7 Å². The van der Waals surface area contributed by atoms with Crippen molar-refractivity contribution in [2.45, 2.75) is 32.4 Å². The fourth-order valence-electron chi connectivity index (χ4n) is 5.00. The Kier molecular flexibility index (Phi) is 6.10. The Bertz CT molecular complexity index is 1480. The van der Waals surface area contributed by atoms with Crippen LogP contribution in [-0.4, -0.2) is 34.6 Å². The van der Waals surface area contributed by atoms with E-state index in [1.165, 1.54) is 0 Å². The Morgan fingerprint density at radius 1 is 1.11 bits per heavy atom. The second kappa shape index (κ2) is 9.71. The number of aryl methyl sites for hydroxylation is 1. The van der Waals surface area contributed by atoms with Crippen LogP contribution in [0, 0.1) is 6.92 Å². The van der Waals surface area contributed by atoms with Crippen LogP contribution in [0.15, 0.2) is 71.9 Å². The van der Waals surface area contributed by atoms with Crippen LogP contribution in [0.1, 0.15) is 47.1 Å². The third-order valence-corrected chi connectivity index (χ3v) is 6.95. The summed E-state index contributed by atoms with van der Waals surface area (Å²) in [5.41, 5.74) is 6.92. The van der Waals surface area contributed by atoms with Crippen LogP contribution < -0.4 is 20.5 Å². The Labute approximate surface area is 215 Å². The standard InChI is InChI=1S/C29H29N5O3/c1-18-15-32-25(16-31-18)19(2)33-22-6-7-26-21(13-22)12-20-4-3-5-24(29(20)37-26)27-17-34(10-11-36-27)23-8-9-30-28(35)14-23/h3-9,13-16,19,27,33H,10-12,17H2,1-2H3,(H,30,35). The topological polar surface area (TPSA) is 92.4 Å². The quantitative estimate of drug-likeness (QED) is 0.358. The van der Waals surface area contributed by atoms with Gasteiger partial charge in [0, 0.05) is 60.5 Å². The number of rotatable bonds is 5. The molecule has 0 spiro atoms. The van der Waals surface area contributed by atoms with Gasteiger partial charge in [-0.2, -0.15) is 0 Å². The van der Waals surface area contributed by atoms with Crippen molar-refractivity contribution < 1.29 is 9.47 Å². The lowest BCUT2D eigenvalue weighted by Crippen LogP contribution is -2.39. The molecule has 0 bridgehead atoms. The molecule has 4 heterocycles. The van der Waals surface area contributed by atoms with Gasteiger partial charge in [-0.05, 0) is 43.7 Å². The zero-order valence-electron chi connectivity index (χ0n) is 20.9. The molecule has 2 aliphatic heterocycles. The maximum absolute atomic E-state index is 11.8. The summed E-state index contributed by atoms with van der Waals surface area (Å²) < 4.78 is 12.7. The van der Waals surface area contributed by atoms with Crippen LogP contribution in [0.2, 0.25) is 0 Å². The molecule has 37 heavy (non-hydrogen) atoms. The number of aromatic nitrogens is 3. The predicted octanol–water partition coefficient (Wildman–Crippen LogP) is 4.92. The fraction of sp³-hybridized carbons (Fsp3) is 0.276. The molecule has 188 valence electrons. The number of hydrogen-bond donors (Lipinski definition) is 2. The van der Waals surface area contributed by atoms with Crippen molar-refractivity contribution in [1.29, 1.82) is 0 Å². The van der Waals surface area contributed by atoms with E-state index in [-0.39, 0.29) is 17.7 Å². The summed E-state index contributed by atoms with van der Waals surface area (Å²) in [7, 11) is 0. The molecule has 8 nitrogen and oxygen atoms in total. The molecule has 8 heteroatoms. The van der Waals surface area contributed by atoms with Gasteiger partial charge in [0.25, 0.3) is 0 Å². The summed E-state index contributed by atoms with van der Waals surface area (Å²) in [6.45, 7) is 5.98. The van der Waals surface area contributed by atoms with E-state index < -0.39 is 0 Å². The Hall–Kier alpha value is -4.17. The van der Waals surface area contributed by atoms with Crippen molar-refractivity contribution in [3.8, 4) is 11.5 Å². The Balaban J connectivity index is 1.21. The van der Waals surface area contributed by atoms with Gasteiger partial charge in [0.05, 0.1) is 30.2 Å². The van der Waals surface area contributed by atoms with Gasteiger partial charge in [-0.1, -0.05) is 18.2 Å². The summed E-state index contributed by atoms with van der Waals surface area (Å²) in [6.07, 6.45) is 5.91. The zero-order valence-corrected chi connectivity index (χ0v) is 20.9. The molecule has 0 aliphatic carbocycles. The van der Waals surface area contributed by atoms with Crippen LogP contribution in [0.3, 0.4) is 0 Å². The Morgan fingerprint density at radius 3 is 2.86 bits per heavy atom. The van der Waals surface area contributed by atoms with Crippen LogP contribution in [-0.2, 0) is 11.2 Å². The molecule has 2 aromatic heterocycles. The van der Waals surface area contributed by atoms with E-state index in [1.807, 2.05) is 31.3 Å². The molecule has 4 aromatic rings. The first-order valence-corrected chi connectivity index (χ1v) is 12.6. The highest BCUT2D eigenvalue weighted by Gasteiger charge is 2.29. The zero-order chi connectivity index (χ0) is 25.4. The molecule has 6 rings (SSSR count). The highest BCUT2D eigenvalue weighted by Crippen LogP contribution is 2.43. The number of H-pyrrole nitrogens is 1. The van der Waals surface area contributed by atoms with E-state index in [1.54, 1.807) is 18.5 Å². The summed E-state index contributed by atoms with van der Waals surface area (Å²) in [5.74, 6) is 1.73. The van der Waals surface area contributed by atoms with Gasteiger partial charge in [0.1, 0.15) is 17.6 Å². The number of pyridine rings is 1. The highest BCUT2D eigenvalue weighted by atomic mass is 16.5. The molecule has 2 atom stereocenters. The second-order valence-electron chi connectivity index (χ2n) is 9.60. The third-order valence-electron chi connectivity index (χ3n) is 6.95. The largest absolute Gasteiger partial charge is 0.456 e. The SMILES string of the molecule is Cc1cnc(C(C)Nc2ccc3c(c2)Cc2cccc(C4CN(c5cc[nH]c(=O)c5)CCO4)c2O3)cn1. The minimum atomic E-state index is -0.151. The number of nitrogens with one attached hydrogen (secondary N) is 2. The van der Waals surface area contributed by atoms with Gasteiger partial charge >= 0.3 is 0 Å². The molecule has 2 unspecified atom stereocenters. The van der Waals surface area contributed by atoms with Gasteiger partial charge in [-0.15, -0.1) is 0 Å². The minimum absolute atomic E-state index is 0.0288. The maximum Gasteiger partial charge on any atom is 0.249 e. The molecule has 0 saturated carbocycles. The van der Waals surface area contributed by atoms with Crippen molar-refractivity contribution in [3.05, 3.63) is 106 Å². The summed E-state index contributed by atoms with van der Waals surface area (Å²) in [5, 5.41) is 3.53. The normalized spacial score (nSPS) is 17.4. The van der Waals surface area contributed by atoms with Crippen molar-refractivity contribution in [2.75, 3.05) is 29.9 Å². The smallest absolute Gasteiger partial charge is 0.249 e. The van der Waals surface area contributed by atoms with Crippen molar-refractivity contribution in [1.82, 2.24) is 15.0 Å². The number of anilines is 2. The van der Waals surface area contributed by atoms with Crippen LogP contribution >= 0.6 is 0 Å². The predicted molar refractivity (Wildman–Crippen MR) is 143 cm³/mol. The number of aromatic amines is 1. The number of hydrogen-bond acceptors (Lipinski definition) is 7. The van der Waals surface area contributed by atoms with Crippen LogP contribution in [0.25, 0.3) is 0 Å². The van der Waals surface area contributed by atoms with E-state index in [9.17, 15) is 4.79 Å². The fourth-order valence-corrected chi connectivity index (χ4v) is 5.00. The number of fused-ring (bicyclic) bond motifs is 2. The average molecular weight is 496 g/mol. The monoisotopic (exact) mass is 495 g/mol. The number of para-hydroxylation sites is 1. The summed E-state index contributed by atoms with van der Waals surface area (Å²) >= 11 is 0. The lowest BCUT2D eigenvalue weighted by Gasteiger charge is -2.36. The Morgan fingerprint density at radius 2 is 2.03 bits per heavy atom. The van der Waals surface area contributed by atoms with Gasteiger partial charge in [-0.25, -0.2) is 0 Å². The molecule has 2 N–H and O–H groups in total.